The quantitative estimate of drug-likeness (QED) is 0.568. The summed E-state index contributed by atoms with van der Waals surface area (Å²) in [7, 11) is 0. The number of aryl methyl sites for hydroxylation is 3. The lowest BCUT2D eigenvalue weighted by molar-refractivity contribution is -0.176. The van der Waals surface area contributed by atoms with Gasteiger partial charge in [0, 0.05) is 18.5 Å². The van der Waals surface area contributed by atoms with Crippen molar-refractivity contribution in [3.05, 3.63) is 52.1 Å². The van der Waals surface area contributed by atoms with Gasteiger partial charge in [-0.15, -0.1) is 10.2 Å². The second-order valence-corrected chi connectivity index (χ2v) is 6.65. The Hall–Kier alpha value is -2.39. The monoisotopic (exact) mass is 414 g/mol. The molecule has 10 heteroatoms. The molecular formula is C18H18ClF3N4O2. The van der Waals surface area contributed by atoms with Crippen LogP contribution in [0.15, 0.2) is 28.7 Å². The highest BCUT2D eigenvalue weighted by Gasteiger charge is 2.27. The molecular weight excluding hydrogens is 397 g/mol. The Kier molecular flexibility index (Phi) is 6.04. The smallest absolute Gasteiger partial charge is 0.411 e. The van der Waals surface area contributed by atoms with Crippen LogP contribution in [0.3, 0.4) is 0 Å². The summed E-state index contributed by atoms with van der Waals surface area (Å²) >= 11 is 6.13. The molecule has 0 aliphatic rings. The summed E-state index contributed by atoms with van der Waals surface area (Å²) in [4.78, 5) is 0. The number of rotatable bonds is 7. The van der Waals surface area contributed by atoms with Gasteiger partial charge in [-0.1, -0.05) is 23.7 Å². The predicted octanol–water partition coefficient (Wildman–Crippen LogP) is 4.52. The Bertz CT molecular complexity index is 953. The number of hydrogen-bond donors (Lipinski definition) is 0. The fourth-order valence-corrected chi connectivity index (χ4v) is 2.78. The van der Waals surface area contributed by atoms with Crippen molar-refractivity contribution in [1.29, 1.82) is 0 Å². The molecule has 0 spiro atoms. The average molecular weight is 415 g/mol. The highest BCUT2D eigenvalue weighted by molar-refractivity contribution is 6.31. The van der Waals surface area contributed by atoms with Crippen LogP contribution in [-0.4, -0.2) is 32.8 Å². The first-order valence-corrected chi connectivity index (χ1v) is 8.86. The molecule has 0 amide bonds. The van der Waals surface area contributed by atoms with E-state index in [-0.39, 0.29) is 6.61 Å². The van der Waals surface area contributed by atoms with E-state index in [2.05, 4.69) is 20.0 Å². The third-order valence-corrected chi connectivity index (χ3v) is 4.55. The topological polar surface area (TPSA) is 66.0 Å². The number of alkyl halides is 3. The SMILES string of the molecule is Cc1nn(CCc2nnc(-c3cccc(COCC(F)(F)F)c3)o2)c(C)c1Cl. The van der Waals surface area contributed by atoms with E-state index in [9.17, 15) is 13.2 Å². The minimum atomic E-state index is -4.35. The first kappa shape index (κ1) is 20.3. The maximum Gasteiger partial charge on any atom is 0.411 e. The molecule has 0 unspecified atom stereocenters. The van der Waals surface area contributed by atoms with Crippen LogP contribution in [0.4, 0.5) is 13.2 Å². The van der Waals surface area contributed by atoms with Gasteiger partial charge in [-0.05, 0) is 31.5 Å². The molecule has 0 saturated heterocycles. The number of halogens is 4. The van der Waals surface area contributed by atoms with Crippen LogP contribution in [0.2, 0.25) is 5.02 Å². The van der Waals surface area contributed by atoms with Gasteiger partial charge in [0.05, 0.1) is 23.0 Å². The van der Waals surface area contributed by atoms with Crippen LogP contribution < -0.4 is 0 Å². The zero-order valence-electron chi connectivity index (χ0n) is 15.3. The van der Waals surface area contributed by atoms with Crippen LogP contribution in [0.5, 0.6) is 0 Å². The largest absolute Gasteiger partial charge is 0.421 e. The molecule has 0 aliphatic heterocycles. The van der Waals surface area contributed by atoms with Gasteiger partial charge >= 0.3 is 6.18 Å². The lowest BCUT2D eigenvalue weighted by Crippen LogP contribution is -2.16. The van der Waals surface area contributed by atoms with Crippen molar-refractivity contribution in [1.82, 2.24) is 20.0 Å². The third-order valence-electron chi connectivity index (χ3n) is 4.01. The molecule has 0 saturated carbocycles. The number of benzene rings is 1. The van der Waals surface area contributed by atoms with Crippen molar-refractivity contribution in [2.45, 2.75) is 39.6 Å². The summed E-state index contributed by atoms with van der Waals surface area (Å²) in [6.07, 6.45) is -3.88. The van der Waals surface area contributed by atoms with E-state index in [1.807, 2.05) is 13.8 Å². The van der Waals surface area contributed by atoms with Gasteiger partial charge in [0.2, 0.25) is 11.8 Å². The maximum atomic E-state index is 12.2. The lowest BCUT2D eigenvalue weighted by Gasteiger charge is -2.08. The Balaban J connectivity index is 1.63. The molecule has 0 fully saturated rings. The molecule has 0 N–H and O–H groups in total. The zero-order valence-corrected chi connectivity index (χ0v) is 16.0. The second-order valence-electron chi connectivity index (χ2n) is 6.27. The van der Waals surface area contributed by atoms with Crippen molar-refractivity contribution in [2.75, 3.05) is 6.61 Å². The van der Waals surface area contributed by atoms with Gasteiger partial charge < -0.3 is 9.15 Å². The van der Waals surface area contributed by atoms with Crippen molar-refractivity contribution in [3.8, 4) is 11.5 Å². The molecule has 6 nitrogen and oxygen atoms in total. The van der Waals surface area contributed by atoms with Gasteiger partial charge in [0.25, 0.3) is 0 Å². The average Bonchev–Trinajstić information content (AvgIpc) is 3.20. The molecule has 2 heterocycles. The highest BCUT2D eigenvalue weighted by atomic mass is 35.5. The summed E-state index contributed by atoms with van der Waals surface area (Å²) < 4.78 is 48.7. The first-order chi connectivity index (χ1) is 13.2. The minimum absolute atomic E-state index is 0.160. The third kappa shape index (κ3) is 5.11. The molecule has 3 aromatic rings. The molecule has 1 aromatic carbocycles. The number of hydrogen-bond acceptors (Lipinski definition) is 5. The molecule has 0 radical (unpaired) electrons. The Morgan fingerprint density at radius 1 is 1.21 bits per heavy atom. The van der Waals surface area contributed by atoms with E-state index in [0.717, 1.165) is 11.4 Å². The van der Waals surface area contributed by atoms with Crippen molar-refractivity contribution in [2.24, 2.45) is 0 Å². The zero-order chi connectivity index (χ0) is 20.3. The van der Waals surface area contributed by atoms with Gasteiger partial charge in [-0.25, -0.2) is 0 Å². The summed E-state index contributed by atoms with van der Waals surface area (Å²) in [6, 6.07) is 6.77. The standard InChI is InChI=1S/C18H18ClF3N4O2/c1-11-16(19)12(2)26(25-11)7-6-15-23-24-17(28-15)14-5-3-4-13(8-14)9-27-10-18(20,21)22/h3-5,8H,6-7,9-10H2,1-2H3. The number of ether oxygens (including phenoxy) is 1. The van der Waals surface area contributed by atoms with Crippen LogP contribution in [0, 0.1) is 13.8 Å². The van der Waals surface area contributed by atoms with E-state index >= 15 is 0 Å². The second kappa shape index (κ2) is 8.32. The highest BCUT2D eigenvalue weighted by Crippen LogP contribution is 2.22. The van der Waals surface area contributed by atoms with Crippen molar-refractivity contribution in [3.63, 3.8) is 0 Å². The Morgan fingerprint density at radius 2 is 2.00 bits per heavy atom. The molecule has 2 aromatic heterocycles. The van der Waals surface area contributed by atoms with E-state index in [1.165, 1.54) is 0 Å². The van der Waals surface area contributed by atoms with Crippen molar-refractivity contribution >= 4 is 11.6 Å². The molecule has 150 valence electrons. The van der Waals surface area contributed by atoms with Crippen LogP contribution in [0.25, 0.3) is 11.5 Å². The Labute approximate surface area is 164 Å². The van der Waals surface area contributed by atoms with Gasteiger partial charge in [-0.2, -0.15) is 18.3 Å². The Morgan fingerprint density at radius 3 is 2.68 bits per heavy atom. The van der Waals surface area contributed by atoms with Crippen LogP contribution in [0.1, 0.15) is 22.8 Å². The van der Waals surface area contributed by atoms with Crippen LogP contribution >= 0.6 is 11.6 Å². The number of nitrogens with zero attached hydrogens (tertiary/aromatic N) is 4. The maximum absolute atomic E-state index is 12.2. The van der Waals surface area contributed by atoms with Gasteiger partial charge in [0.15, 0.2) is 0 Å². The number of aromatic nitrogens is 4. The molecule has 28 heavy (non-hydrogen) atoms. The van der Waals surface area contributed by atoms with E-state index in [0.29, 0.717) is 40.9 Å². The lowest BCUT2D eigenvalue weighted by atomic mass is 10.1. The van der Waals surface area contributed by atoms with E-state index in [1.54, 1.807) is 28.9 Å². The molecule has 3 rings (SSSR count). The normalized spacial score (nSPS) is 11.9. The fraction of sp³-hybridized carbons (Fsp3) is 0.389. The molecule has 0 bridgehead atoms. The van der Waals surface area contributed by atoms with E-state index in [4.69, 9.17) is 16.0 Å². The first-order valence-electron chi connectivity index (χ1n) is 8.48. The fourth-order valence-electron chi connectivity index (χ4n) is 2.64. The minimum Gasteiger partial charge on any atom is -0.421 e. The summed E-state index contributed by atoms with van der Waals surface area (Å²) in [6.45, 7) is 2.80. The van der Waals surface area contributed by atoms with Gasteiger partial charge in [0.1, 0.15) is 6.61 Å². The van der Waals surface area contributed by atoms with Crippen molar-refractivity contribution < 1.29 is 22.3 Å². The summed E-state index contributed by atoms with van der Waals surface area (Å²) in [5.41, 5.74) is 2.82. The molecule has 0 aliphatic carbocycles. The summed E-state index contributed by atoms with van der Waals surface area (Å²) in [5, 5.41) is 13.0. The van der Waals surface area contributed by atoms with Gasteiger partial charge in [-0.3, -0.25) is 4.68 Å². The van der Waals surface area contributed by atoms with Crippen LogP contribution in [-0.2, 0) is 24.3 Å². The van der Waals surface area contributed by atoms with E-state index < -0.39 is 12.8 Å². The summed E-state index contributed by atoms with van der Waals surface area (Å²) in [5.74, 6) is 0.719. The predicted molar refractivity (Wildman–Crippen MR) is 95.9 cm³/mol. The molecule has 0 atom stereocenters.